The van der Waals surface area contributed by atoms with Crippen molar-refractivity contribution in [3.63, 3.8) is 0 Å². The van der Waals surface area contributed by atoms with E-state index in [1.165, 1.54) is 29.3 Å². The lowest BCUT2D eigenvalue weighted by molar-refractivity contribution is -0.149. The van der Waals surface area contributed by atoms with Gasteiger partial charge in [0.2, 0.25) is 0 Å². The summed E-state index contributed by atoms with van der Waals surface area (Å²) in [6.45, 7) is 3.10. The second kappa shape index (κ2) is 10.4. The number of aliphatic hydroxyl groups is 2. The zero-order valence-corrected chi connectivity index (χ0v) is 20.1. The van der Waals surface area contributed by atoms with E-state index < -0.39 is 36.9 Å². The number of ether oxygens (including phenoxy) is 1. The van der Waals surface area contributed by atoms with Crippen LogP contribution in [-0.2, 0) is 0 Å². The van der Waals surface area contributed by atoms with Crippen LogP contribution >= 0.6 is 0 Å². The predicted octanol–water partition coefficient (Wildman–Crippen LogP) is 1.83. The van der Waals surface area contributed by atoms with Crippen molar-refractivity contribution in [2.24, 2.45) is 0 Å². The van der Waals surface area contributed by atoms with Crippen LogP contribution in [0.5, 0.6) is 5.75 Å². The minimum absolute atomic E-state index is 0.146. The highest BCUT2D eigenvalue weighted by atomic mass is 19.4. The molecule has 2 aromatic rings. The van der Waals surface area contributed by atoms with Crippen LogP contribution in [0.3, 0.4) is 0 Å². The number of alkyl halides is 3. The SMILES string of the molecule is Cc1cc(C(=O)NC(C)C(F)(F)F)nc2c1N1CCC(C1)N2C(=O)Nc1cc(OCC(O)CO)ccn1. The van der Waals surface area contributed by atoms with Gasteiger partial charge in [-0.15, -0.1) is 0 Å². The Hall–Kier alpha value is -3.65. The van der Waals surface area contributed by atoms with Crippen molar-refractivity contribution in [1.82, 2.24) is 15.3 Å². The number of carbonyl (C=O) groups excluding carboxylic acids is 2. The molecule has 3 unspecified atom stereocenters. The van der Waals surface area contributed by atoms with E-state index in [9.17, 15) is 27.9 Å². The number of nitrogens with zero attached hydrogens (tertiary/aromatic N) is 4. The molecule has 4 heterocycles. The minimum Gasteiger partial charge on any atom is -0.491 e. The Balaban J connectivity index is 1.59. The predicted molar refractivity (Wildman–Crippen MR) is 127 cm³/mol. The maximum absolute atomic E-state index is 13.4. The van der Waals surface area contributed by atoms with Crippen molar-refractivity contribution in [2.45, 2.75) is 44.6 Å². The van der Waals surface area contributed by atoms with Crippen LogP contribution in [0.25, 0.3) is 0 Å². The Bertz CT molecular complexity index is 1180. The Morgan fingerprint density at radius 2 is 2.08 bits per heavy atom. The molecular weight excluding hydrogens is 497 g/mol. The highest BCUT2D eigenvalue weighted by Gasteiger charge is 2.42. The Kier molecular flexibility index (Phi) is 7.41. The molecule has 2 bridgehead atoms. The summed E-state index contributed by atoms with van der Waals surface area (Å²) < 4.78 is 44.3. The average Bonchev–Trinajstić information content (AvgIpc) is 3.24. The number of fused-ring (bicyclic) bond motifs is 4. The Morgan fingerprint density at radius 1 is 1.32 bits per heavy atom. The normalized spacial score (nSPS) is 18.2. The van der Waals surface area contributed by atoms with E-state index in [1.54, 1.807) is 6.92 Å². The van der Waals surface area contributed by atoms with E-state index in [0.29, 0.717) is 36.5 Å². The van der Waals surface area contributed by atoms with Gasteiger partial charge in [0.25, 0.3) is 5.91 Å². The molecule has 0 aliphatic carbocycles. The maximum atomic E-state index is 13.4. The molecule has 1 saturated heterocycles. The number of halogens is 3. The molecule has 3 amide bonds. The number of rotatable bonds is 7. The first-order valence-electron chi connectivity index (χ1n) is 11.6. The standard InChI is InChI=1S/C23H27F3N6O5/c1-12-7-17(21(35)28-13(2)23(24,25)26)29-20-19(12)31-6-4-14(9-31)32(20)22(36)30-18-8-16(3-5-27-18)37-11-15(34)10-33/h3,5,7-8,13-15,33-34H,4,6,9-11H2,1-2H3,(H,28,35)(H,27,30,36). The summed E-state index contributed by atoms with van der Waals surface area (Å²) in [4.78, 5) is 37.8. The van der Waals surface area contributed by atoms with Crippen molar-refractivity contribution in [1.29, 1.82) is 0 Å². The van der Waals surface area contributed by atoms with Crippen molar-refractivity contribution in [2.75, 3.05) is 41.4 Å². The summed E-state index contributed by atoms with van der Waals surface area (Å²) in [5.74, 6) is -0.377. The van der Waals surface area contributed by atoms with Gasteiger partial charge in [0, 0.05) is 25.4 Å². The lowest BCUT2D eigenvalue weighted by Crippen LogP contribution is -2.49. The number of aromatic nitrogens is 2. The van der Waals surface area contributed by atoms with Crippen LogP contribution in [0, 0.1) is 6.92 Å². The van der Waals surface area contributed by atoms with E-state index >= 15 is 0 Å². The van der Waals surface area contributed by atoms with Gasteiger partial charge in [-0.25, -0.2) is 14.8 Å². The van der Waals surface area contributed by atoms with Gasteiger partial charge in [0.05, 0.1) is 18.3 Å². The van der Waals surface area contributed by atoms with E-state index in [4.69, 9.17) is 9.84 Å². The molecule has 0 radical (unpaired) electrons. The van der Waals surface area contributed by atoms with Crippen LogP contribution in [0.2, 0.25) is 0 Å². The number of hydrogen-bond acceptors (Lipinski definition) is 8. The number of aryl methyl sites for hydroxylation is 1. The van der Waals surface area contributed by atoms with Gasteiger partial charge >= 0.3 is 12.2 Å². The smallest absolute Gasteiger partial charge is 0.408 e. The van der Waals surface area contributed by atoms with Crippen LogP contribution in [0.15, 0.2) is 24.4 Å². The van der Waals surface area contributed by atoms with Gasteiger partial charge in [0.15, 0.2) is 5.82 Å². The molecule has 11 nitrogen and oxygen atoms in total. The minimum atomic E-state index is -4.61. The summed E-state index contributed by atoms with van der Waals surface area (Å²) in [5, 5.41) is 23.0. The molecule has 4 N–H and O–H groups in total. The number of anilines is 3. The van der Waals surface area contributed by atoms with Gasteiger partial charge in [-0.3, -0.25) is 15.0 Å². The third kappa shape index (κ3) is 5.69. The molecular formula is C23H27F3N6O5. The summed E-state index contributed by atoms with van der Waals surface area (Å²) in [5.41, 5.74) is 1.000. The van der Waals surface area contributed by atoms with Crippen molar-refractivity contribution in [3.8, 4) is 5.75 Å². The Morgan fingerprint density at radius 3 is 2.78 bits per heavy atom. The van der Waals surface area contributed by atoms with Gasteiger partial charge in [-0.1, -0.05) is 0 Å². The van der Waals surface area contributed by atoms with E-state index in [1.807, 2.05) is 10.2 Å². The molecule has 2 aliphatic heterocycles. The van der Waals surface area contributed by atoms with Crippen LogP contribution < -0.4 is 25.2 Å². The van der Waals surface area contributed by atoms with Gasteiger partial charge < -0.3 is 25.2 Å². The third-order valence-electron chi connectivity index (χ3n) is 6.15. The number of amides is 3. The van der Waals surface area contributed by atoms with Crippen LogP contribution in [0.4, 0.5) is 35.3 Å². The molecule has 2 aliphatic rings. The zero-order chi connectivity index (χ0) is 26.9. The highest BCUT2D eigenvalue weighted by molar-refractivity contribution is 6.05. The second-order valence-corrected chi connectivity index (χ2v) is 8.95. The summed E-state index contributed by atoms with van der Waals surface area (Å²) in [6.07, 6.45) is -3.66. The van der Waals surface area contributed by atoms with Crippen LogP contribution in [-0.4, -0.2) is 82.8 Å². The average molecular weight is 525 g/mol. The second-order valence-electron chi connectivity index (χ2n) is 8.95. The number of urea groups is 1. The first-order valence-corrected chi connectivity index (χ1v) is 11.6. The first-order chi connectivity index (χ1) is 17.5. The fourth-order valence-corrected chi connectivity index (χ4v) is 4.25. The lowest BCUT2D eigenvalue weighted by Gasteiger charge is -2.36. The number of nitrogens with one attached hydrogen (secondary N) is 2. The summed E-state index contributed by atoms with van der Waals surface area (Å²) >= 11 is 0. The van der Waals surface area contributed by atoms with Gasteiger partial charge in [-0.05, 0) is 38.0 Å². The van der Waals surface area contributed by atoms with Crippen LogP contribution in [0.1, 0.15) is 29.4 Å². The monoisotopic (exact) mass is 524 g/mol. The maximum Gasteiger partial charge on any atom is 0.408 e. The van der Waals surface area contributed by atoms with Gasteiger partial charge in [0.1, 0.15) is 36.0 Å². The number of hydrogen-bond donors (Lipinski definition) is 4. The molecule has 14 heteroatoms. The van der Waals surface area contributed by atoms with Crippen molar-refractivity contribution >= 4 is 29.3 Å². The zero-order valence-electron chi connectivity index (χ0n) is 20.1. The van der Waals surface area contributed by atoms with E-state index in [-0.39, 0.29) is 30.0 Å². The molecule has 3 atom stereocenters. The van der Waals surface area contributed by atoms with Crippen molar-refractivity contribution in [3.05, 3.63) is 35.7 Å². The van der Waals surface area contributed by atoms with E-state index in [0.717, 1.165) is 6.92 Å². The topological polar surface area (TPSA) is 140 Å². The number of pyridine rings is 2. The first kappa shape index (κ1) is 26.4. The largest absolute Gasteiger partial charge is 0.491 e. The number of aliphatic hydroxyl groups excluding tert-OH is 2. The molecule has 0 aromatic carbocycles. The molecule has 37 heavy (non-hydrogen) atoms. The molecule has 4 rings (SSSR count). The fourth-order valence-electron chi connectivity index (χ4n) is 4.25. The summed E-state index contributed by atoms with van der Waals surface area (Å²) in [7, 11) is 0. The molecule has 200 valence electrons. The Labute approximate surface area is 210 Å². The lowest BCUT2D eigenvalue weighted by atomic mass is 10.1. The quantitative estimate of drug-likeness (QED) is 0.430. The molecule has 0 spiro atoms. The third-order valence-corrected chi connectivity index (χ3v) is 6.15. The number of carbonyl (C=O) groups is 2. The molecule has 2 aromatic heterocycles. The van der Waals surface area contributed by atoms with Crippen molar-refractivity contribution < 1.29 is 37.7 Å². The fraction of sp³-hybridized carbons (Fsp3) is 0.478. The molecule has 1 fully saturated rings. The van der Waals surface area contributed by atoms with Gasteiger partial charge in [-0.2, -0.15) is 13.2 Å². The highest BCUT2D eigenvalue weighted by Crippen LogP contribution is 2.41. The molecule has 0 saturated carbocycles. The van der Waals surface area contributed by atoms with E-state index in [2.05, 4.69) is 15.3 Å². The summed E-state index contributed by atoms with van der Waals surface area (Å²) in [6, 6.07) is 1.44.